The van der Waals surface area contributed by atoms with Crippen molar-refractivity contribution in [1.82, 2.24) is 4.98 Å². The smallest absolute Gasteiger partial charge is 0.0774 e. The van der Waals surface area contributed by atoms with Crippen LogP contribution in [0.4, 0.5) is 0 Å². The first-order valence-electron chi connectivity index (χ1n) is 4.14. The maximum Gasteiger partial charge on any atom is 0.0774 e. The van der Waals surface area contributed by atoms with Gasteiger partial charge in [-0.3, -0.25) is 4.98 Å². The van der Waals surface area contributed by atoms with Gasteiger partial charge in [0.1, 0.15) is 0 Å². The van der Waals surface area contributed by atoms with Crippen molar-refractivity contribution in [2.24, 2.45) is 0 Å². The molecule has 1 heterocycles. The molecular weight excluding hydrogens is 306 g/mol. The summed E-state index contributed by atoms with van der Waals surface area (Å²) in [6.45, 7) is 0. The van der Waals surface area contributed by atoms with Crippen molar-refractivity contribution in [3.8, 4) is 0 Å². The van der Waals surface area contributed by atoms with Gasteiger partial charge in [-0.25, -0.2) is 0 Å². The van der Waals surface area contributed by atoms with Crippen molar-refractivity contribution in [2.45, 2.75) is 0 Å². The van der Waals surface area contributed by atoms with Gasteiger partial charge in [-0.1, -0.05) is 24.3 Å². The van der Waals surface area contributed by atoms with E-state index in [1.165, 1.54) is 0 Å². The molecule has 14 heavy (non-hydrogen) atoms. The molecule has 0 unspecified atom stereocenters. The third-order valence-corrected chi connectivity index (χ3v) is 2.39. The number of rotatable bonds is 1. The average molecular weight is 313 g/mol. The van der Waals surface area contributed by atoms with Crippen LogP contribution in [0.1, 0.15) is 5.56 Å². The average Bonchev–Trinajstić information content (AvgIpc) is 2.18. The van der Waals surface area contributed by atoms with Crippen molar-refractivity contribution in [3.05, 3.63) is 45.5 Å². The summed E-state index contributed by atoms with van der Waals surface area (Å²) >= 11 is 6.69. The quantitative estimate of drug-likeness (QED) is 0.764. The van der Waals surface area contributed by atoms with E-state index in [1.54, 1.807) is 0 Å². The Kier molecular flexibility index (Phi) is 2.99. The number of fused-ring (bicyclic) bond motifs is 1. The Morgan fingerprint density at radius 2 is 1.93 bits per heavy atom. The van der Waals surface area contributed by atoms with E-state index in [4.69, 9.17) is 0 Å². The molecule has 0 amide bonds. The van der Waals surface area contributed by atoms with Crippen LogP contribution in [0.15, 0.2) is 39.9 Å². The zero-order valence-corrected chi connectivity index (χ0v) is 10.4. The first-order valence-corrected chi connectivity index (χ1v) is 5.72. The lowest BCUT2D eigenvalue weighted by molar-refractivity contribution is 1.41. The van der Waals surface area contributed by atoms with Gasteiger partial charge in [0, 0.05) is 17.1 Å². The maximum atomic E-state index is 4.35. The summed E-state index contributed by atoms with van der Waals surface area (Å²) in [6.07, 6.45) is 3.80. The van der Waals surface area contributed by atoms with E-state index in [0.29, 0.717) is 0 Å². The molecular formula is C11H7Br2N. The van der Waals surface area contributed by atoms with Crippen molar-refractivity contribution < 1.29 is 0 Å². The van der Waals surface area contributed by atoms with E-state index < -0.39 is 0 Å². The van der Waals surface area contributed by atoms with Crippen LogP contribution in [0, 0.1) is 0 Å². The van der Waals surface area contributed by atoms with Crippen molar-refractivity contribution in [1.29, 1.82) is 0 Å². The second-order valence-corrected chi connectivity index (χ2v) is 5.63. The predicted octanol–water partition coefficient (Wildman–Crippen LogP) is 4.32. The Labute approximate surface area is 99.1 Å². The van der Waals surface area contributed by atoms with E-state index in [1.807, 2.05) is 30.5 Å². The Hall–Kier alpha value is -0.670. The first-order chi connectivity index (χ1) is 6.77. The SMILES string of the molecule is BrC(Br)=Cc1cccc2cccnc12. The Morgan fingerprint density at radius 1 is 1.14 bits per heavy atom. The fourth-order valence-electron chi connectivity index (χ4n) is 1.36. The summed E-state index contributed by atoms with van der Waals surface area (Å²) in [5.41, 5.74) is 2.12. The number of halogens is 2. The third kappa shape index (κ3) is 2.04. The molecule has 0 spiro atoms. The van der Waals surface area contributed by atoms with Crippen molar-refractivity contribution in [2.75, 3.05) is 0 Å². The molecule has 0 aliphatic heterocycles. The number of hydrogen-bond donors (Lipinski definition) is 0. The molecule has 0 saturated carbocycles. The molecule has 0 aliphatic rings. The molecule has 0 aliphatic carbocycles. The van der Waals surface area contributed by atoms with E-state index in [-0.39, 0.29) is 0 Å². The molecule has 0 bridgehead atoms. The zero-order valence-electron chi connectivity index (χ0n) is 7.24. The molecule has 1 aromatic carbocycles. The van der Waals surface area contributed by atoms with Crippen LogP contribution in [0.2, 0.25) is 0 Å². The summed E-state index contributed by atoms with van der Waals surface area (Å²) in [6, 6.07) is 10.1. The van der Waals surface area contributed by atoms with E-state index >= 15 is 0 Å². The molecule has 0 fully saturated rings. The number of nitrogens with zero attached hydrogens (tertiary/aromatic N) is 1. The van der Waals surface area contributed by atoms with Crippen molar-refractivity contribution >= 4 is 48.8 Å². The number of benzene rings is 1. The van der Waals surface area contributed by atoms with Gasteiger partial charge in [-0.15, -0.1) is 0 Å². The van der Waals surface area contributed by atoms with Crippen LogP contribution in [-0.2, 0) is 0 Å². The monoisotopic (exact) mass is 311 g/mol. The van der Waals surface area contributed by atoms with Gasteiger partial charge in [-0.05, 0) is 44.0 Å². The molecule has 0 radical (unpaired) electrons. The summed E-state index contributed by atoms with van der Waals surface area (Å²) in [5, 5.41) is 1.16. The first kappa shape index (κ1) is 9.87. The van der Waals surface area contributed by atoms with Gasteiger partial charge in [0.25, 0.3) is 0 Å². The molecule has 2 rings (SSSR count). The molecule has 2 aromatic rings. The maximum absolute atomic E-state index is 4.35. The Morgan fingerprint density at radius 3 is 2.71 bits per heavy atom. The van der Waals surface area contributed by atoms with Gasteiger partial charge < -0.3 is 0 Å². The molecule has 1 nitrogen and oxygen atoms in total. The van der Waals surface area contributed by atoms with Gasteiger partial charge >= 0.3 is 0 Å². The van der Waals surface area contributed by atoms with E-state index in [0.717, 1.165) is 19.9 Å². The minimum atomic E-state index is 0.920. The highest BCUT2D eigenvalue weighted by Crippen LogP contribution is 2.22. The summed E-state index contributed by atoms with van der Waals surface area (Å²) in [5.74, 6) is 0. The lowest BCUT2D eigenvalue weighted by Crippen LogP contribution is -1.81. The highest BCUT2D eigenvalue weighted by Gasteiger charge is 1.98. The van der Waals surface area contributed by atoms with Gasteiger partial charge in [-0.2, -0.15) is 0 Å². The summed E-state index contributed by atoms with van der Waals surface area (Å²) in [4.78, 5) is 4.35. The fraction of sp³-hybridized carbons (Fsp3) is 0. The minimum Gasteiger partial charge on any atom is -0.256 e. The molecule has 1 aromatic heterocycles. The summed E-state index contributed by atoms with van der Waals surface area (Å²) < 4.78 is 0.920. The third-order valence-electron chi connectivity index (χ3n) is 1.93. The second kappa shape index (κ2) is 4.24. The van der Waals surface area contributed by atoms with E-state index in [2.05, 4.69) is 49.0 Å². The number of hydrogen-bond acceptors (Lipinski definition) is 1. The molecule has 0 saturated heterocycles. The van der Waals surface area contributed by atoms with Gasteiger partial charge in [0.2, 0.25) is 0 Å². The Bertz CT molecular complexity index is 482. The Balaban J connectivity index is 2.71. The molecule has 0 N–H and O–H groups in total. The minimum absolute atomic E-state index is 0.920. The predicted molar refractivity (Wildman–Crippen MR) is 67.6 cm³/mol. The normalized spacial score (nSPS) is 10.1. The van der Waals surface area contributed by atoms with Crippen LogP contribution in [0.25, 0.3) is 17.0 Å². The lowest BCUT2D eigenvalue weighted by Gasteiger charge is -2.00. The van der Waals surface area contributed by atoms with Crippen molar-refractivity contribution in [3.63, 3.8) is 0 Å². The second-order valence-electron chi connectivity index (χ2n) is 2.86. The number of aromatic nitrogens is 1. The van der Waals surface area contributed by atoms with Crippen LogP contribution < -0.4 is 0 Å². The molecule has 3 heteroatoms. The highest BCUT2D eigenvalue weighted by molar-refractivity contribution is 9.28. The molecule has 0 atom stereocenters. The van der Waals surface area contributed by atoms with Gasteiger partial charge in [0.05, 0.1) is 8.91 Å². The highest BCUT2D eigenvalue weighted by atomic mass is 79.9. The van der Waals surface area contributed by atoms with Crippen LogP contribution >= 0.6 is 31.9 Å². The van der Waals surface area contributed by atoms with Gasteiger partial charge in [0.15, 0.2) is 0 Å². The van der Waals surface area contributed by atoms with Crippen LogP contribution in [0.3, 0.4) is 0 Å². The summed E-state index contributed by atoms with van der Waals surface area (Å²) in [7, 11) is 0. The van der Waals surface area contributed by atoms with E-state index in [9.17, 15) is 0 Å². The largest absolute Gasteiger partial charge is 0.256 e. The fourth-order valence-corrected chi connectivity index (χ4v) is 1.86. The number of para-hydroxylation sites is 1. The molecule has 70 valence electrons. The topological polar surface area (TPSA) is 12.9 Å². The van der Waals surface area contributed by atoms with Crippen LogP contribution in [-0.4, -0.2) is 4.98 Å². The zero-order chi connectivity index (χ0) is 9.97. The standard InChI is InChI=1S/C11H7Br2N/c12-10(13)7-9-4-1-3-8-5-2-6-14-11(8)9/h1-7H. The number of pyridine rings is 1. The lowest BCUT2D eigenvalue weighted by atomic mass is 10.1. The van der Waals surface area contributed by atoms with Crippen LogP contribution in [0.5, 0.6) is 0 Å².